The molecule has 0 aliphatic rings. The fourth-order valence-corrected chi connectivity index (χ4v) is 1.21. The number of alkyl carbamates (subject to hydrolysis) is 1. The van der Waals surface area contributed by atoms with E-state index < -0.39 is 0 Å². The average Bonchev–Trinajstić information content (AvgIpc) is 2.28. The molecular weight excluding hydrogens is 208 g/mol. The molecular formula is C11H24N2O3. The van der Waals surface area contributed by atoms with E-state index in [2.05, 4.69) is 5.32 Å². The van der Waals surface area contributed by atoms with Crippen LogP contribution in [0.2, 0.25) is 0 Å². The summed E-state index contributed by atoms with van der Waals surface area (Å²) < 4.78 is 9.91. The van der Waals surface area contributed by atoms with Gasteiger partial charge in [-0.1, -0.05) is 6.42 Å². The summed E-state index contributed by atoms with van der Waals surface area (Å²) in [6, 6.07) is 0. The van der Waals surface area contributed by atoms with Crippen molar-refractivity contribution in [2.45, 2.75) is 32.1 Å². The van der Waals surface area contributed by atoms with Crippen molar-refractivity contribution < 1.29 is 14.3 Å². The Morgan fingerprint density at radius 2 is 1.81 bits per heavy atom. The number of amides is 1. The van der Waals surface area contributed by atoms with Crippen LogP contribution < -0.4 is 11.1 Å². The zero-order chi connectivity index (χ0) is 12.1. The van der Waals surface area contributed by atoms with Gasteiger partial charge in [-0.3, -0.25) is 0 Å². The summed E-state index contributed by atoms with van der Waals surface area (Å²) in [5, 5.41) is 2.63. The van der Waals surface area contributed by atoms with E-state index in [1.165, 1.54) is 0 Å². The zero-order valence-electron chi connectivity index (χ0n) is 10.2. The molecule has 5 nitrogen and oxygen atoms in total. The first-order chi connectivity index (χ1) is 7.81. The van der Waals surface area contributed by atoms with E-state index in [-0.39, 0.29) is 6.09 Å². The Morgan fingerprint density at radius 3 is 2.44 bits per heavy atom. The van der Waals surface area contributed by atoms with Crippen LogP contribution in [0.5, 0.6) is 0 Å². The number of methoxy groups -OCH3 is 1. The van der Waals surface area contributed by atoms with Gasteiger partial charge in [0.05, 0.1) is 6.61 Å². The highest BCUT2D eigenvalue weighted by molar-refractivity contribution is 5.66. The maximum absolute atomic E-state index is 11.1. The Kier molecular flexibility index (Phi) is 11.6. The Morgan fingerprint density at radius 1 is 1.12 bits per heavy atom. The Labute approximate surface area is 97.7 Å². The largest absolute Gasteiger partial charge is 0.450 e. The van der Waals surface area contributed by atoms with Gasteiger partial charge in [0.1, 0.15) is 0 Å². The third-order valence-electron chi connectivity index (χ3n) is 2.13. The van der Waals surface area contributed by atoms with Gasteiger partial charge in [-0.05, 0) is 32.2 Å². The van der Waals surface area contributed by atoms with E-state index in [1.807, 2.05) is 0 Å². The molecule has 0 spiro atoms. The topological polar surface area (TPSA) is 73.6 Å². The SMILES string of the molecule is COCCCCCCOC(=O)NCCCN. The number of hydrogen-bond acceptors (Lipinski definition) is 4. The number of nitrogens with two attached hydrogens (primary N) is 1. The fraction of sp³-hybridized carbons (Fsp3) is 0.909. The summed E-state index contributed by atoms with van der Waals surface area (Å²) in [4.78, 5) is 11.1. The van der Waals surface area contributed by atoms with Gasteiger partial charge in [-0.15, -0.1) is 0 Å². The normalized spacial score (nSPS) is 10.1. The van der Waals surface area contributed by atoms with Gasteiger partial charge in [-0.25, -0.2) is 4.79 Å². The minimum Gasteiger partial charge on any atom is -0.450 e. The van der Waals surface area contributed by atoms with Gasteiger partial charge >= 0.3 is 6.09 Å². The Balaban J connectivity index is 3.09. The molecule has 96 valence electrons. The van der Waals surface area contributed by atoms with Crippen molar-refractivity contribution in [1.29, 1.82) is 0 Å². The second-order valence-electron chi connectivity index (χ2n) is 3.61. The number of nitrogens with one attached hydrogen (secondary N) is 1. The molecule has 0 radical (unpaired) electrons. The van der Waals surface area contributed by atoms with E-state index in [4.69, 9.17) is 15.2 Å². The van der Waals surface area contributed by atoms with Crippen molar-refractivity contribution in [2.75, 3.05) is 33.4 Å². The van der Waals surface area contributed by atoms with Crippen LogP contribution >= 0.6 is 0 Å². The number of carbonyl (C=O) groups is 1. The Bertz CT molecular complexity index is 165. The molecule has 0 aromatic heterocycles. The van der Waals surface area contributed by atoms with Crippen LogP contribution in [0.4, 0.5) is 4.79 Å². The number of ether oxygens (including phenoxy) is 2. The third-order valence-corrected chi connectivity index (χ3v) is 2.13. The van der Waals surface area contributed by atoms with Gasteiger partial charge in [-0.2, -0.15) is 0 Å². The average molecular weight is 232 g/mol. The smallest absolute Gasteiger partial charge is 0.407 e. The maximum atomic E-state index is 11.1. The van der Waals surface area contributed by atoms with Crippen LogP contribution in [-0.2, 0) is 9.47 Å². The van der Waals surface area contributed by atoms with Crippen molar-refractivity contribution in [2.24, 2.45) is 5.73 Å². The quantitative estimate of drug-likeness (QED) is 0.556. The van der Waals surface area contributed by atoms with E-state index in [9.17, 15) is 4.79 Å². The summed E-state index contributed by atoms with van der Waals surface area (Å²) in [5.41, 5.74) is 5.29. The number of unbranched alkanes of at least 4 members (excludes halogenated alkanes) is 3. The minimum absolute atomic E-state index is 0.342. The number of carbonyl (C=O) groups excluding carboxylic acids is 1. The summed E-state index contributed by atoms with van der Waals surface area (Å²) in [5.74, 6) is 0. The van der Waals surface area contributed by atoms with Crippen LogP contribution in [0.15, 0.2) is 0 Å². The molecule has 5 heteroatoms. The predicted octanol–water partition coefficient (Wildman–Crippen LogP) is 1.27. The lowest BCUT2D eigenvalue weighted by molar-refractivity contribution is 0.143. The highest BCUT2D eigenvalue weighted by Crippen LogP contribution is 2.00. The van der Waals surface area contributed by atoms with Crippen LogP contribution in [0.3, 0.4) is 0 Å². The van der Waals surface area contributed by atoms with Crippen LogP contribution in [0.1, 0.15) is 32.1 Å². The molecule has 0 bridgehead atoms. The van der Waals surface area contributed by atoms with E-state index in [0.717, 1.165) is 38.7 Å². The molecule has 0 atom stereocenters. The maximum Gasteiger partial charge on any atom is 0.407 e. The second-order valence-corrected chi connectivity index (χ2v) is 3.61. The van der Waals surface area contributed by atoms with Gasteiger partial charge in [0.15, 0.2) is 0 Å². The molecule has 3 N–H and O–H groups in total. The first-order valence-electron chi connectivity index (χ1n) is 5.91. The summed E-state index contributed by atoms with van der Waals surface area (Å²) in [6.45, 7) is 2.46. The molecule has 0 aromatic rings. The highest BCUT2D eigenvalue weighted by Gasteiger charge is 1.99. The molecule has 0 unspecified atom stereocenters. The molecule has 0 heterocycles. The minimum atomic E-state index is -0.342. The van der Waals surface area contributed by atoms with Gasteiger partial charge < -0.3 is 20.5 Å². The molecule has 1 amide bonds. The van der Waals surface area contributed by atoms with Gasteiger partial charge in [0, 0.05) is 20.3 Å². The third kappa shape index (κ3) is 11.3. The molecule has 0 saturated heterocycles. The molecule has 0 saturated carbocycles. The van der Waals surface area contributed by atoms with Crippen molar-refractivity contribution >= 4 is 6.09 Å². The standard InChI is InChI=1S/C11H24N2O3/c1-15-9-4-2-3-5-10-16-11(14)13-8-6-7-12/h2-10,12H2,1H3,(H,13,14). The lowest BCUT2D eigenvalue weighted by Crippen LogP contribution is -2.26. The summed E-state index contributed by atoms with van der Waals surface area (Å²) in [7, 11) is 1.70. The second kappa shape index (κ2) is 12.3. The van der Waals surface area contributed by atoms with Crippen LogP contribution in [0, 0.1) is 0 Å². The van der Waals surface area contributed by atoms with Crippen molar-refractivity contribution in [1.82, 2.24) is 5.32 Å². The molecule has 16 heavy (non-hydrogen) atoms. The number of hydrogen-bond donors (Lipinski definition) is 2. The van der Waals surface area contributed by atoms with Gasteiger partial charge in [0.2, 0.25) is 0 Å². The van der Waals surface area contributed by atoms with E-state index >= 15 is 0 Å². The highest BCUT2D eigenvalue weighted by atomic mass is 16.5. The lowest BCUT2D eigenvalue weighted by atomic mass is 10.2. The molecule has 0 aliphatic carbocycles. The molecule has 0 aromatic carbocycles. The van der Waals surface area contributed by atoms with Crippen molar-refractivity contribution in [3.05, 3.63) is 0 Å². The molecule has 0 rings (SSSR count). The van der Waals surface area contributed by atoms with Crippen molar-refractivity contribution in [3.63, 3.8) is 0 Å². The summed E-state index contributed by atoms with van der Waals surface area (Å²) in [6.07, 6.45) is 4.61. The van der Waals surface area contributed by atoms with Crippen molar-refractivity contribution in [3.8, 4) is 0 Å². The predicted molar refractivity (Wildman–Crippen MR) is 63.4 cm³/mol. The lowest BCUT2D eigenvalue weighted by Gasteiger charge is -2.06. The van der Waals surface area contributed by atoms with Crippen LogP contribution in [-0.4, -0.2) is 39.5 Å². The monoisotopic (exact) mass is 232 g/mol. The molecule has 0 fully saturated rings. The van der Waals surface area contributed by atoms with Gasteiger partial charge in [0.25, 0.3) is 0 Å². The number of rotatable bonds is 10. The first-order valence-corrected chi connectivity index (χ1v) is 5.91. The molecule has 0 aliphatic heterocycles. The Hall–Kier alpha value is -0.810. The summed E-state index contributed by atoms with van der Waals surface area (Å²) >= 11 is 0. The van der Waals surface area contributed by atoms with Crippen LogP contribution in [0.25, 0.3) is 0 Å². The van der Waals surface area contributed by atoms with E-state index in [0.29, 0.717) is 19.7 Å². The van der Waals surface area contributed by atoms with E-state index in [1.54, 1.807) is 7.11 Å². The fourth-order valence-electron chi connectivity index (χ4n) is 1.21. The zero-order valence-corrected chi connectivity index (χ0v) is 10.2. The first kappa shape index (κ1) is 15.2.